The topological polar surface area (TPSA) is 47.4 Å². The molecule has 2 aliphatic rings. The van der Waals surface area contributed by atoms with Crippen LogP contribution in [0, 0.1) is 12.8 Å². The predicted molar refractivity (Wildman–Crippen MR) is 116 cm³/mol. The van der Waals surface area contributed by atoms with Gasteiger partial charge < -0.3 is 9.64 Å². The van der Waals surface area contributed by atoms with E-state index in [0.717, 1.165) is 54.9 Å². The minimum absolute atomic E-state index is 0.153. The fourth-order valence-electron chi connectivity index (χ4n) is 4.63. The standard InChI is InChI=1S/C25H27N3O2/c1-18-7-8-23-22(13-18)25-21(17-30-23)15-26-28(25)16-24(29)27-11-9-20(10-12-27)14-19-5-3-2-4-6-19/h2-8,13,15,20H,9-12,14,16-17H2,1H3. The van der Waals surface area contributed by atoms with Crippen LogP contribution in [0.1, 0.15) is 29.5 Å². The number of ether oxygens (including phenoxy) is 1. The first-order valence-electron chi connectivity index (χ1n) is 10.8. The second-order valence-corrected chi connectivity index (χ2v) is 8.48. The first-order chi connectivity index (χ1) is 14.7. The molecule has 5 rings (SSSR count). The maximum atomic E-state index is 13.0. The highest BCUT2D eigenvalue weighted by Gasteiger charge is 2.26. The summed E-state index contributed by atoms with van der Waals surface area (Å²) in [4.78, 5) is 15.0. The number of piperidine rings is 1. The monoisotopic (exact) mass is 401 g/mol. The maximum Gasteiger partial charge on any atom is 0.244 e. The molecule has 1 saturated heterocycles. The Kier molecular flexibility index (Phi) is 5.03. The van der Waals surface area contributed by atoms with E-state index in [0.29, 0.717) is 12.5 Å². The van der Waals surface area contributed by atoms with Crippen LogP contribution in [0.2, 0.25) is 0 Å². The van der Waals surface area contributed by atoms with E-state index in [2.05, 4.69) is 54.5 Å². The van der Waals surface area contributed by atoms with Crippen molar-refractivity contribution in [2.75, 3.05) is 13.1 Å². The van der Waals surface area contributed by atoms with Gasteiger partial charge in [0.05, 0.1) is 11.9 Å². The number of carbonyl (C=O) groups is 1. The van der Waals surface area contributed by atoms with Gasteiger partial charge in [-0.1, -0.05) is 42.0 Å². The van der Waals surface area contributed by atoms with Crippen LogP contribution >= 0.6 is 0 Å². The zero-order chi connectivity index (χ0) is 20.5. The summed E-state index contributed by atoms with van der Waals surface area (Å²) < 4.78 is 7.71. The highest BCUT2D eigenvalue weighted by Crippen LogP contribution is 2.38. The van der Waals surface area contributed by atoms with Gasteiger partial charge in [0.15, 0.2) is 0 Å². The predicted octanol–water partition coefficient (Wildman–Crippen LogP) is 4.23. The van der Waals surface area contributed by atoms with Gasteiger partial charge in [-0.3, -0.25) is 9.48 Å². The lowest BCUT2D eigenvalue weighted by molar-refractivity contribution is -0.133. The number of carbonyl (C=O) groups excluding carboxylic acids is 1. The van der Waals surface area contributed by atoms with E-state index in [1.165, 1.54) is 11.1 Å². The molecule has 3 heterocycles. The summed E-state index contributed by atoms with van der Waals surface area (Å²) in [6, 6.07) is 16.8. The zero-order valence-corrected chi connectivity index (χ0v) is 17.4. The number of amides is 1. The van der Waals surface area contributed by atoms with Crippen molar-refractivity contribution in [3.05, 3.63) is 71.4 Å². The minimum Gasteiger partial charge on any atom is -0.488 e. The number of hydrogen-bond acceptors (Lipinski definition) is 3. The Hall–Kier alpha value is -3.08. The molecule has 5 nitrogen and oxygen atoms in total. The van der Waals surface area contributed by atoms with Crippen LogP contribution in [0.3, 0.4) is 0 Å². The Morgan fingerprint density at radius 1 is 1.13 bits per heavy atom. The van der Waals surface area contributed by atoms with E-state index in [1.54, 1.807) is 0 Å². The molecule has 154 valence electrons. The van der Waals surface area contributed by atoms with Gasteiger partial charge in [0, 0.05) is 24.2 Å². The summed E-state index contributed by atoms with van der Waals surface area (Å²) in [6.45, 7) is 4.52. The fraction of sp³-hybridized carbons (Fsp3) is 0.360. The molecular weight excluding hydrogens is 374 g/mol. The van der Waals surface area contributed by atoms with Crippen LogP contribution < -0.4 is 4.74 Å². The summed E-state index contributed by atoms with van der Waals surface area (Å²) >= 11 is 0. The van der Waals surface area contributed by atoms with E-state index >= 15 is 0 Å². The second kappa shape index (κ2) is 7.98. The first kappa shape index (κ1) is 18.9. The van der Waals surface area contributed by atoms with E-state index in [9.17, 15) is 4.79 Å². The van der Waals surface area contributed by atoms with Gasteiger partial charge in [-0.25, -0.2) is 0 Å². The van der Waals surface area contributed by atoms with Crippen molar-refractivity contribution < 1.29 is 9.53 Å². The van der Waals surface area contributed by atoms with Crippen LogP contribution in [0.5, 0.6) is 5.75 Å². The van der Waals surface area contributed by atoms with Crippen LogP contribution in [0.15, 0.2) is 54.7 Å². The molecule has 2 aliphatic heterocycles. The van der Waals surface area contributed by atoms with Gasteiger partial charge in [0.25, 0.3) is 0 Å². The lowest BCUT2D eigenvalue weighted by Crippen LogP contribution is -2.40. The maximum absolute atomic E-state index is 13.0. The van der Waals surface area contributed by atoms with Gasteiger partial charge in [-0.15, -0.1) is 0 Å². The van der Waals surface area contributed by atoms with Crippen molar-refractivity contribution in [3.63, 3.8) is 0 Å². The summed E-state index contributed by atoms with van der Waals surface area (Å²) in [6.07, 6.45) is 5.06. The van der Waals surface area contributed by atoms with Crippen molar-refractivity contribution in [1.82, 2.24) is 14.7 Å². The molecule has 0 radical (unpaired) electrons. The molecule has 3 aromatic rings. The number of aromatic nitrogens is 2. The number of rotatable bonds is 4. The highest BCUT2D eigenvalue weighted by atomic mass is 16.5. The Morgan fingerprint density at radius 3 is 2.73 bits per heavy atom. The molecule has 0 N–H and O–H groups in total. The number of likely N-dealkylation sites (tertiary alicyclic amines) is 1. The summed E-state index contributed by atoms with van der Waals surface area (Å²) in [5.74, 6) is 1.67. The molecule has 30 heavy (non-hydrogen) atoms. The van der Waals surface area contributed by atoms with E-state index < -0.39 is 0 Å². The van der Waals surface area contributed by atoms with E-state index in [1.807, 2.05) is 21.8 Å². The lowest BCUT2D eigenvalue weighted by atomic mass is 9.90. The number of aryl methyl sites for hydroxylation is 1. The molecule has 0 bridgehead atoms. The average Bonchev–Trinajstić information content (AvgIpc) is 3.18. The Labute approximate surface area is 177 Å². The van der Waals surface area contributed by atoms with Gasteiger partial charge in [-0.2, -0.15) is 5.10 Å². The molecule has 1 fully saturated rings. The minimum atomic E-state index is 0.153. The van der Waals surface area contributed by atoms with E-state index in [-0.39, 0.29) is 12.5 Å². The summed E-state index contributed by atoms with van der Waals surface area (Å²) in [7, 11) is 0. The Morgan fingerprint density at radius 2 is 1.93 bits per heavy atom. The molecule has 5 heteroatoms. The molecule has 0 atom stereocenters. The second-order valence-electron chi connectivity index (χ2n) is 8.48. The third-order valence-electron chi connectivity index (χ3n) is 6.31. The third-order valence-corrected chi connectivity index (χ3v) is 6.31. The van der Waals surface area contributed by atoms with Crippen LogP contribution in [-0.4, -0.2) is 33.7 Å². The number of hydrogen-bond donors (Lipinski definition) is 0. The lowest BCUT2D eigenvalue weighted by Gasteiger charge is -2.32. The van der Waals surface area contributed by atoms with Gasteiger partial charge >= 0.3 is 0 Å². The molecule has 1 aromatic heterocycles. The largest absolute Gasteiger partial charge is 0.488 e. The molecular formula is C25H27N3O2. The molecule has 0 aliphatic carbocycles. The van der Waals surface area contributed by atoms with Gasteiger partial charge in [0.2, 0.25) is 5.91 Å². The van der Waals surface area contributed by atoms with Crippen LogP contribution in [0.25, 0.3) is 11.3 Å². The van der Waals surface area contributed by atoms with Crippen molar-refractivity contribution in [1.29, 1.82) is 0 Å². The average molecular weight is 402 g/mol. The SMILES string of the molecule is Cc1ccc2c(c1)-c1c(cnn1CC(=O)N1CCC(Cc3ccccc3)CC1)CO2. The zero-order valence-electron chi connectivity index (χ0n) is 17.4. The molecule has 0 saturated carbocycles. The van der Waals surface area contributed by atoms with Crippen LogP contribution in [0.4, 0.5) is 0 Å². The summed E-state index contributed by atoms with van der Waals surface area (Å²) in [5, 5.41) is 4.52. The van der Waals surface area contributed by atoms with E-state index in [4.69, 9.17) is 4.74 Å². The van der Waals surface area contributed by atoms with Crippen molar-refractivity contribution in [3.8, 4) is 17.0 Å². The normalized spacial score (nSPS) is 16.0. The number of fused-ring (bicyclic) bond motifs is 3. The fourth-order valence-corrected chi connectivity index (χ4v) is 4.63. The number of benzene rings is 2. The molecule has 1 amide bonds. The number of nitrogens with zero attached hydrogens (tertiary/aromatic N) is 3. The third kappa shape index (κ3) is 3.72. The molecule has 0 spiro atoms. The van der Waals surface area contributed by atoms with Crippen molar-refractivity contribution in [2.24, 2.45) is 5.92 Å². The smallest absolute Gasteiger partial charge is 0.244 e. The quantitative estimate of drug-likeness (QED) is 0.657. The summed E-state index contributed by atoms with van der Waals surface area (Å²) in [5.41, 5.74) is 5.66. The van der Waals surface area contributed by atoms with Gasteiger partial charge in [-0.05, 0) is 49.8 Å². The van der Waals surface area contributed by atoms with Crippen molar-refractivity contribution >= 4 is 5.91 Å². The van der Waals surface area contributed by atoms with Crippen molar-refractivity contribution in [2.45, 2.75) is 39.3 Å². The van der Waals surface area contributed by atoms with Gasteiger partial charge in [0.1, 0.15) is 18.9 Å². The Balaban J connectivity index is 1.25. The molecule has 2 aromatic carbocycles. The molecule has 0 unspecified atom stereocenters. The Bertz CT molecular complexity index is 1050. The first-order valence-corrected chi connectivity index (χ1v) is 10.8. The highest BCUT2D eigenvalue weighted by molar-refractivity contribution is 5.78. The van der Waals surface area contributed by atoms with Crippen LogP contribution in [-0.2, 0) is 24.4 Å².